The number of nitrogens with two attached hydrogens (primary N) is 2. The highest BCUT2D eigenvalue weighted by Gasteiger charge is 2.41. The maximum absolute atomic E-state index is 9.55. The summed E-state index contributed by atoms with van der Waals surface area (Å²) < 4.78 is 14.0. The quantitative estimate of drug-likeness (QED) is 0.131. The first kappa shape index (κ1) is 50.3. The number of hydrogen-bond donors (Lipinski definition) is 16. The summed E-state index contributed by atoms with van der Waals surface area (Å²) in [6.45, 7) is 0.359. The van der Waals surface area contributed by atoms with E-state index in [9.17, 15) is 28.8 Å². The van der Waals surface area contributed by atoms with Gasteiger partial charge in [0.25, 0.3) is 0 Å². The maximum atomic E-state index is 9.55. The Bertz CT molecular complexity index is 1680. The number of carboxylic acid groups (broad SMARTS) is 6. The Hall–Kier alpha value is -3.74. The van der Waals surface area contributed by atoms with E-state index >= 15 is 0 Å². The largest absolute Gasteiger partial charge is 0.478 e. The molecule has 4 heterocycles. The number of hydrogen-bond acceptors (Lipinski definition) is 20. The third-order valence-corrected chi connectivity index (χ3v) is 8.67. The van der Waals surface area contributed by atoms with E-state index in [1.165, 1.54) is 7.94 Å². The van der Waals surface area contributed by atoms with E-state index in [1.807, 2.05) is 0 Å². The zero-order valence-corrected chi connectivity index (χ0v) is 33.7. The molecule has 2 unspecified atom stereocenters. The van der Waals surface area contributed by atoms with Crippen molar-refractivity contribution in [2.75, 3.05) is 13.1 Å². The Labute approximate surface area is 348 Å². The van der Waals surface area contributed by atoms with Crippen molar-refractivity contribution in [3.63, 3.8) is 0 Å². The molecule has 0 aromatic carbocycles. The minimum Gasteiger partial charge on any atom is -0.478 e. The summed E-state index contributed by atoms with van der Waals surface area (Å²) in [5, 5.41) is 47.6. The molecule has 28 heteroatoms. The molecule has 2 aromatic rings. The molecule has 2 aliphatic heterocycles. The van der Waals surface area contributed by atoms with Gasteiger partial charge in [-0.05, 0) is 0 Å². The molecule has 2 aliphatic rings. The van der Waals surface area contributed by atoms with E-state index in [0.29, 0.717) is 79.2 Å². The summed E-state index contributed by atoms with van der Waals surface area (Å²) in [4.78, 5) is 64.8. The van der Waals surface area contributed by atoms with Gasteiger partial charge < -0.3 is 51.6 Å². The molecule has 296 valence electrons. The number of aliphatic carboxylic acids is 6. The van der Waals surface area contributed by atoms with Crippen molar-refractivity contribution in [1.82, 2.24) is 17.9 Å². The molecule has 0 saturated carbocycles. The predicted octanol–water partition coefficient (Wildman–Crippen LogP) is 1.40. The van der Waals surface area contributed by atoms with Crippen LogP contribution in [0.5, 0.6) is 0 Å². The molecule has 20 nitrogen and oxygen atoms in total. The fourth-order valence-electron chi connectivity index (χ4n) is 3.11. The molecular weight excluding hydrogens is 877 g/mol. The zero-order valence-electron chi connectivity index (χ0n) is 26.5. The van der Waals surface area contributed by atoms with Crippen molar-refractivity contribution in [2.45, 2.75) is 9.87 Å². The topological polar surface area (TPSA) is 330 Å². The van der Waals surface area contributed by atoms with Gasteiger partial charge in [-0.25, -0.2) is 38.7 Å². The molecule has 0 spiro atoms. The van der Waals surface area contributed by atoms with Crippen molar-refractivity contribution in [2.24, 2.45) is 11.5 Å². The number of rotatable bonds is 8. The van der Waals surface area contributed by atoms with Crippen molar-refractivity contribution in [3.8, 4) is 0 Å². The minimum atomic E-state index is -1.26. The summed E-state index contributed by atoms with van der Waals surface area (Å²) in [5.74, 6) is -7.54. The first-order chi connectivity index (χ1) is 24.9. The summed E-state index contributed by atoms with van der Waals surface area (Å²) in [5.41, 5.74) is 13.8. The van der Waals surface area contributed by atoms with Gasteiger partial charge in [0, 0.05) is 49.5 Å². The number of ether oxygens (including phenoxy) is 2. The fraction of sp³-hybridized carbons (Fsp3) is 0.154. The van der Waals surface area contributed by atoms with Gasteiger partial charge in [0.05, 0.1) is 21.2 Å². The van der Waals surface area contributed by atoms with Crippen LogP contribution in [0.25, 0.3) is 9.81 Å². The molecule has 54 heavy (non-hydrogen) atoms. The first-order valence-corrected chi connectivity index (χ1v) is 16.8. The molecule has 2 atom stereocenters. The lowest BCUT2D eigenvalue weighted by atomic mass is 10.1. The highest BCUT2D eigenvalue weighted by Crippen LogP contribution is 2.45. The lowest BCUT2D eigenvalue weighted by molar-refractivity contribution is -0.134. The highest BCUT2D eigenvalue weighted by molar-refractivity contribution is 7.93. The second-order valence-corrected chi connectivity index (χ2v) is 13.1. The van der Waals surface area contributed by atoms with E-state index in [0.717, 1.165) is 0 Å². The van der Waals surface area contributed by atoms with Crippen LogP contribution in [0.2, 0.25) is 0 Å². The first-order valence-electron chi connectivity index (χ1n) is 13.3. The summed E-state index contributed by atoms with van der Waals surface area (Å²) >= 11 is 34.1. The third kappa shape index (κ3) is 16.3. The molecule has 0 radical (unpaired) electrons. The maximum Gasteiger partial charge on any atom is 0.328 e. The average molecular weight is 907 g/mol. The van der Waals surface area contributed by atoms with Gasteiger partial charge in [0.15, 0.2) is 10.2 Å². The van der Waals surface area contributed by atoms with Gasteiger partial charge >= 0.3 is 35.8 Å². The number of imidazole rings is 2. The molecule has 0 amide bonds. The Morgan fingerprint density at radius 3 is 0.981 bits per heavy atom. The van der Waals surface area contributed by atoms with Gasteiger partial charge in [0.1, 0.15) is 24.0 Å². The number of aromatic nitrogens is 4. The summed E-state index contributed by atoms with van der Waals surface area (Å²) in [6.07, 6.45) is 6.43. The number of thiol groups is 8. The van der Waals surface area contributed by atoms with Crippen LogP contribution in [0.1, 0.15) is 22.8 Å². The van der Waals surface area contributed by atoms with E-state index < -0.39 is 45.7 Å². The third-order valence-electron chi connectivity index (χ3n) is 5.28. The molecule has 4 rings (SSSR count). The number of nitrogens with zero attached hydrogens (tertiary/aromatic N) is 4. The summed E-state index contributed by atoms with van der Waals surface area (Å²) in [7, 11) is 0. The van der Waals surface area contributed by atoms with Crippen molar-refractivity contribution in [3.05, 3.63) is 82.1 Å². The SMILES string of the molecule is NCC1(S)OC(S)=C(S)c2c1ncn2S.NCC1(S)OC(S)=C(S)c2c1ncn2S.O=C(O)/C=C/C(=O)O.O=C(O)/C=C/C(=O)O.O=C(O)/C=C/C(=O)O. The Balaban J connectivity index is 0.000000677. The van der Waals surface area contributed by atoms with Gasteiger partial charge in [-0.15, -0.1) is 75.8 Å². The van der Waals surface area contributed by atoms with E-state index in [2.05, 4.69) is 111 Å². The second kappa shape index (κ2) is 23.2. The van der Waals surface area contributed by atoms with Crippen LogP contribution in [-0.2, 0) is 48.1 Å². The Morgan fingerprint density at radius 2 is 0.796 bits per heavy atom. The standard InChI is InChI=1S/2C7H9N3OS4.3C4H4O4/c2*8-1-7(14)5-3(10(15)2-9-5)4(12)6(13)11-7;3*5-3(6)1-2-4(7)8/h2*2,12-15H,1,8H2;3*1-2H,(H,5,6)(H,7,8)/b;;3*2-1+. The van der Waals surface area contributed by atoms with Crippen LogP contribution in [0.3, 0.4) is 0 Å². The van der Waals surface area contributed by atoms with E-state index in [4.69, 9.17) is 51.6 Å². The van der Waals surface area contributed by atoms with Gasteiger partial charge in [-0.2, -0.15) is 0 Å². The Kier molecular flexibility index (Phi) is 21.6. The van der Waals surface area contributed by atoms with Crippen LogP contribution in [0.4, 0.5) is 0 Å². The Morgan fingerprint density at radius 1 is 0.574 bits per heavy atom. The van der Waals surface area contributed by atoms with Crippen LogP contribution in [0.15, 0.2) is 59.3 Å². The molecule has 0 fully saturated rings. The average Bonchev–Trinajstić information content (AvgIpc) is 3.68. The lowest BCUT2D eigenvalue weighted by Crippen LogP contribution is -2.35. The van der Waals surface area contributed by atoms with E-state index in [-0.39, 0.29) is 13.1 Å². The number of carboxylic acids is 6. The zero-order chi connectivity index (χ0) is 42.1. The van der Waals surface area contributed by atoms with Crippen molar-refractivity contribution < 1.29 is 68.9 Å². The lowest BCUT2D eigenvalue weighted by Gasteiger charge is -2.31. The number of carbonyl (C=O) groups is 6. The molecule has 2 aromatic heterocycles. The molecule has 0 saturated heterocycles. The van der Waals surface area contributed by atoms with Crippen molar-refractivity contribution >= 4 is 147 Å². The van der Waals surface area contributed by atoms with Gasteiger partial charge in [-0.1, -0.05) is 25.6 Å². The number of fused-ring (bicyclic) bond motifs is 2. The predicted molar refractivity (Wildman–Crippen MR) is 218 cm³/mol. The molecule has 0 bridgehead atoms. The normalized spacial score (nSPS) is 18.2. The van der Waals surface area contributed by atoms with Crippen LogP contribution < -0.4 is 11.5 Å². The highest BCUT2D eigenvalue weighted by atomic mass is 32.1. The molecule has 10 N–H and O–H groups in total. The molecular formula is C26H30N6O14S8. The fourth-order valence-corrected chi connectivity index (χ4v) is 5.46. The van der Waals surface area contributed by atoms with Crippen LogP contribution in [-0.4, -0.2) is 97.5 Å². The van der Waals surface area contributed by atoms with Crippen molar-refractivity contribution in [1.29, 1.82) is 0 Å². The smallest absolute Gasteiger partial charge is 0.328 e. The second-order valence-electron chi connectivity index (χ2n) is 9.09. The van der Waals surface area contributed by atoms with Crippen LogP contribution >= 0.6 is 101 Å². The summed E-state index contributed by atoms with van der Waals surface area (Å²) in [6, 6.07) is 0. The minimum absolute atomic E-state index is 0.180. The van der Waals surface area contributed by atoms with E-state index in [1.54, 1.807) is 12.7 Å². The van der Waals surface area contributed by atoms with Gasteiger partial charge in [0.2, 0.25) is 9.87 Å². The monoisotopic (exact) mass is 906 g/mol. The van der Waals surface area contributed by atoms with Gasteiger partial charge in [-0.3, -0.25) is 7.94 Å². The van der Waals surface area contributed by atoms with Crippen LogP contribution in [0, 0.1) is 0 Å². The molecule has 0 aliphatic carbocycles.